The van der Waals surface area contributed by atoms with Gasteiger partial charge in [-0.15, -0.1) is 0 Å². The monoisotopic (exact) mass is 220 g/mol. The van der Waals surface area contributed by atoms with Crippen LogP contribution in [-0.4, -0.2) is 30.0 Å². The van der Waals surface area contributed by atoms with E-state index in [1.54, 1.807) is 0 Å². The van der Waals surface area contributed by atoms with Crippen molar-refractivity contribution in [3.63, 3.8) is 0 Å². The molecular weight excluding hydrogens is 200 g/mol. The van der Waals surface area contributed by atoms with Gasteiger partial charge < -0.3 is 9.32 Å². The molecule has 0 spiro atoms. The quantitative estimate of drug-likeness (QED) is 0.727. The van der Waals surface area contributed by atoms with Crippen molar-refractivity contribution in [3.05, 3.63) is 17.3 Å². The number of aromatic nitrogens is 1. The maximum atomic E-state index is 5.95. The van der Waals surface area contributed by atoms with Gasteiger partial charge in [-0.25, -0.2) is 4.98 Å². The Bertz CT molecular complexity index is 341. The Morgan fingerprint density at radius 3 is 2.69 bits per heavy atom. The van der Waals surface area contributed by atoms with E-state index in [4.69, 9.17) is 9.40 Å². The highest BCUT2D eigenvalue weighted by Crippen LogP contribution is 2.30. The summed E-state index contributed by atoms with van der Waals surface area (Å²) >= 11 is 0. The van der Waals surface area contributed by atoms with Crippen LogP contribution in [0.15, 0.2) is 4.42 Å². The van der Waals surface area contributed by atoms with Crippen LogP contribution in [0.1, 0.15) is 48.9 Å². The van der Waals surface area contributed by atoms with Gasteiger partial charge in [-0.05, 0) is 52.2 Å². The number of oxazole rings is 1. The summed E-state index contributed by atoms with van der Waals surface area (Å²) in [6.45, 7) is 2.36. The fourth-order valence-electron chi connectivity index (χ4n) is 2.80. The molecule has 0 saturated carbocycles. The molecule has 1 saturated heterocycles. The van der Waals surface area contributed by atoms with E-state index in [1.165, 1.54) is 50.2 Å². The van der Waals surface area contributed by atoms with E-state index in [0.29, 0.717) is 5.92 Å². The van der Waals surface area contributed by atoms with Crippen molar-refractivity contribution in [3.8, 4) is 0 Å². The van der Waals surface area contributed by atoms with Crippen molar-refractivity contribution in [2.45, 2.75) is 44.4 Å². The van der Waals surface area contributed by atoms with Crippen LogP contribution in [0.2, 0.25) is 0 Å². The number of hydrogen-bond acceptors (Lipinski definition) is 3. The lowest BCUT2D eigenvalue weighted by atomic mass is 9.97. The van der Waals surface area contributed by atoms with Crippen LogP contribution in [0, 0.1) is 0 Å². The SMILES string of the molecule is CN1CCC(c2nc3c(o2)CCCC3)CC1. The van der Waals surface area contributed by atoms with Gasteiger partial charge in [0.15, 0.2) is 5.89 Å². The van der Waals surface area contributed by atoms with Gasteiger partial charge in [0.05, 0.1) is 5.69 Å². The molecule has 0 radical (unpaired) electrons. The first kappa shape index (κ1) is 10.3. The zero-order valence-electron chi connectivity index (χ0n) is 10.0. The fourth-order valence-corrected chi connectivity index (χ4v) is 2.80. The average Bonchev–Trinajstić information content (AvgIpc) is 2.73. The Morgan fingerprint density at radius 1 is 1.19 bits per heavy atom. The standard InChI is InChI=1S/C13H20N2O/c1-15-8-6-10(7-9-15)13-14-11-4-2-3-5-12(11)16-13/h10H,2-9H2,1H3. The van der Waals surface area contributed by atoms with E-state index in [2.05, 4.69) is 11.9 Å². The highest BCUT2D eigenvalue weighted by molar-refractivity contribution is 5.15. The molecule has 1 aromatic rings. The van der Waals surface area contributed by atoms with Crippen LogP contribution in [-0.2, 0) is 12.8 Å². The second kappa shape index (κ2) is 4.21. The predicted molar refractivity (Wildman–Crippen MR) is 62.6 cm³/mol. The number of likely N-dealkylation sites (tertiary alicyclic amines) is 1. The maximum absolute atomic E-state index is 5.95. The van der Waals surface area contributed by atoms with Crippen LogP contribution < -0.4 is 0 Å². The number of nitrogens with zero attached hydrogens (tertiary/aromatic N) is 2. The molecular formula is C13H20N2O. The summed E-state index contributed by atoms with van der Waals surface area (Å²) in [5.74, 6) is 2.78. The van der Waals surface area contributed by atoms with Gasteiger partial charge in [-0.3, -0.25) is 0 Å². The summed E-state index contributed by atoms with van der Waals surface area (Å²) in [6, 6.07) is 0. The van der Waals surface area contributed by atoms with Crippen molar-refractivity contribution in [1.82, 2.24) is 9.88 Å². The van der Waals surface area contributed by atoms with E-state index >= 15 is 0 Å². The molecule has 0 aromatic carbocycles. The number of rotatable bonds is 1. The van der Waals surface area contributed by atoms with Crippen molar-refractivity contribution in [2.24, 2.45) is 0 Å². The van der Waals surface area contributed by atoms with E-state index in [0.717, 1.165) is 18.7 Å². The van der Waals surface area contributed by atoms with Crippen LogP contribution in [0.25, 0.3) is 0 Å². The molecule has 1 aromatic heterocycles. The van der Waals surface area contributed by atoms with Crippen molar-refractivity contribution in [2.75, 3.05) is 20.1 Å². The first-order valence-electron chi connectivity index (χ1n) is 6.50. The van der Waals surface area contributed by atoms with Crippen LogP contribution >= 0.6 is 0 Å². The molecule has 3 rings (SSSR count). The van der Waals surface area contributed by atoms with Crippen LogP contribution in [0.5, 0.6) is 0 Å². The molecule has 1 aliphatic carbocycles. The minimum absolute atomic E-state index is 0.571. The molecule has 0 bridgehead atoms. The summed E-state index contributed by atoms with van der Waals surface area (Å²) in [7, 11) is 2.19. The van der Waals surface area contributed by atoms with Crippen molar-refractivity contribution >= 4 is 0 Å². The molecule has 16 heavy (non-hydrogen) atoms. The number of aryl methyl sites for hydroxylation is 2. The summed E-state index contributed by atoms with van der Waals surface area (Å²) in [4.78, 5) is 7.10. The average molecular weight is 220 g/mol. The molecule has 3 heteroatoms. The Hall–Kier alpha value is -0.830. The van der Waals surface area contributed by atoms with Gasteiger partial charge in [0.2, 0.25) is 0 Å². The summed E-state index contributed by atoms with van der Waals surface area (Å²) in [6.07, 6.45) is 7.20. The van der Waals surface area contributed by atoms with Crippen molar-refractivity contribution in [1.29, 1.82) is 0 Å². The van der Waals surface area contributed by atoms with Gasteiger partial charge in [0, 0.05) is 12.3 Å². The lowest BCUT2D eigenvalue weighted by molar-refractivity contribution is 0.235. The first-order chi connectivity index (χ1) is 7.83. The van der Waals surface area contributed by atoms with E-state index in [9.17, 15) is 0 Å². The molecule has 0 N–H and O–H groups in total. The normalized spacial score (nSPS) is 23.3. The largest absolute Gasteiger partial charge is 0.445 e. The molecule has 3 nitrogen and oxygen atoms in total. The fraction of sp³-hybridized carbons (Fsp3) is 0.769. The lowest BCUT2D eigenvalue weighted by Crippen LogP contribution is -2.29. The summed E-state index contributed by atoms with van der Waals surface area (Å²) in [5, 5.41) is 0. The molecule has 1 aliphatic heterocycles. The van der Waals surface area contributed by atoms with Crippen molar-refractivity contribution < 1.29 is 4.42 Å². The van der Waals surface area contributed by atoms with Crippen LogP contribution in [0.4, 0.5) is 0 Å². The molecule has 2 heterocycles. The Balaban J connectivity index is 1.76. The van der Waals surface area contributed by atoms with E-state index in [1.807, 2.05) is 0 Å². The lowest BCUT2D eigenvalue weighted by Gasteiger charge is -2.26. The molecule has 0 atom stereocenters. The molecule has 1 fully saturated rings. The van der Waals surface area contributed by atoms with Gasteiger partial charge >= 0.3 is 0 Å². The minimum Gasteiger partial charge on any atom is -0.445 e. The summed E-state index contributed by atoms with van der Waals surface area (Å²) < 4.78 is 5.95. The second-order valence-electron chi connectivity index (χ2n) is 5.21. The third-order valence-corrected chi connectivity index (χ3v) is 3.93. The third-order valence-electron chi connectivity index (χ3n) is 3.93. The molecule has 0 amide bonds. The molecule has 88 valence electrons. The summed E-state index contributed by atoms with van der Waals surface area (Å²) in [5.41, 5.74) is 1.25. The topological polar surface area (TPSA) is 29.3 Å². The number of piperidine rings is 1. The maximum Gasteiger partial charge on any atom is 0.197 e. The van der Waals surface area contributed by atoms with Gasteiger partial charge in [0.1, 0.15) is 5.76 Å². The molecule has 2 aliphatic rings. The highest BCUT2D eigenvalue weighted by atomic mass is 16.4. The van der Waals surface area contributed by atoms with Crippen LogP contribution in [0.3, 0.4) is 0 Å². The smallest absolute Gasteiger partial charge is 0.197 e. The second-order valence-corrected chi connectivity index (χ2v) is 5.21. The highest BCUT2D eigenvalue weighted by Gasteiger charge is 2.25. The predicted octanol–water partition coefficient (Wildman–Crippen LogP) is 2.36. The van der Waals surface area contributed by atoms with E-state index < -0.39 is 0 Å². The van der Waals surface area contributed by atoms with E-state index in [-0.39, 0.29) is 0 Å². The molecule has 0 unspecified atom stereocenters. The Kier molecular flexibility index (Phi) is 2.72. The van der Waals surface area contributed by atoms with Gasteiger partial charge in [0.25, 0.3) is 0 Å². The Labute approximate surface area is 96.8 Å². The zero-order chi connectivity index (χ0) is 11.0. The Morgan fingerprint density at radius 2 is 1.94 bits per heavy atom. The zero-order valence-corrected chi connectivity index (χ0v) is 10.0. The third kappa shape index (κ3) is 1.88. The number of fused-ring (bicyclic) bond motifs is 1. The van der Waals surface area contributed by atoms with Gasteiger partial charge in [-0.1, -0.05) is 0 Å². The van der Waals surface area contributed by atoms with Gasteiger partial charge in [-0.2, -0.15) is 0 Å². The minimum atomic E-state index is 0.571. The number of hydrogen-bond donors (Lipinski definition) is 0. The first-order valence-corrected chi connectivity index (χ1v) is 6.50.